The van der Waals surface area contributed by atoms with Crippen molar-refractivity contribution in [3.05, 3.63) is 70.8 Å². The van der Waals surface area contributed by atoms with Crippen molar-refractivity contribution in [2.24, 2.45) is 0 Å². The quantitative estimate of drug-likeness (QED) is 0.319. The van der Waals surface area contributed by atoms with E-state index >= 15 is 0 Å². The van der Waals surface area contributed by atoms with Gasteiger partial charge in [0.05, 0.1) is 42.7 Å². The molecule has 0 aliphatic rings. The van der Waals surface area contributed by atoms with Crippen molar-refractivity contribution in [3.8, 4) is 46.8 Å². The topological polar surface area (TPSA) is 55.4 Å². The van der Waals surface area contributed by atoms with Crippen molar-refractivity contribution in [1.82, 2.24) is 0 Å². The molecular weight excluding hydrogens is 432 g/mol. The second kappa shape index (κ2) is 11.1. The Morgan fingerprint density at radius 1 is 0.618 bits per heavy atom. The Morgan fingerprint density at radius 3 is 1.44 bits per heavy atom. The molecule has 0 aliphatic heterocycles. The van der Waals surface area contributed by atoms with E-state index in [9.17, 15) is 0 Å². The third-order valence-electron chi connectivity index (χ3n) is 5.34. The first-order valence-corrected chi connectivity index (χ1v) is 10.4. The van der Waals surface area contributed by atoms with Gasteiger partial charge in [0.2, 0.25) is 11.5 Å². The van der Waals surface area contributed by atoms with Crippen LogP contribution in [-0.4, -0.2) is 42.7 Å². The summed E-state index contributed by atoms with van der Waals surface area (Å²) in [6.45, 7) is 0. The standard InChI is InChI=1S/C28H28O6/c1-8-18-9-11-20(12-10-18)22(21-16-25(31-4)28(34-7)26(17-21)32-5)13-19-14-23(29-2)27(33-6)24(15-19)30-3/h1,9-17H,2-7H3/b22-13-. The van der Waals surface area contributed by atoms with Crippen LogP contribution in [0.15, 0.2) is 48.5 Å². The molecular formula is C28H28O6. The summed E-state index contributed by atoms with van der Waals surface area (Å²) in [5.74, 6) is 5.90. The Bertz CT molecular complexity index is 1170. The van der Waals surface area contributed by atoms with Crippen LogP contribution in [0.25, 0.3) is 11.6 Å². The van der Waals surface area contributed by atoms with Crippen LogP contribution in [0.3, 0.4) is 0 Å². The average molecular weight is 461 g/mol. The van der Waals surface area contributed by atoms with Crippen LogP contribution >= 0.6 is 0 Å². The van der Waals surface area contributed by atoms with Gasteiger partial charge >= 0.3 is 0 Å². The summed E-state index contributed by atoms with van der Waals surface area (Å²) in [7, 11) is 9.50. The van der Waals surface area contributed by atoms with E-state index in [-0.39, 0.29) is 0 Å². The molecule has 0 bridgehead atoms. The normalized spacial score (nSPS) is 10.8. The third-order valence-corrected chi connectivity index (χ3v) is 5.34. The molecule has 34 heavy (non-hydrogen) atoms. The predicted octanol–water partition coefficient (Wildman–Crippen LogP) is 5.31. The van der Waals surface area contributed by atoms with Crippen LogP contribution in [0.5, 0.6) is 34.5 Å². The Labute approximate surface area is 200 Å². The fourth-order valence-electron chi connectivity index (χ4n) is 3.67. The van der Waals surface area contributed by atoms with Gasteiger partial charge in [0, 0.05) is 5.56 Å². The molecule has 0 saturated heterocycles. The highest BCUT2D eigenvalue weighted by atomic mass is 16.5. The molecule has 0 radical (unpaired) electrons. The second-order valence-electron chi connectivity index (χ2n) is 7.15. The molecule has 0 spiro atoms. The lowest BCUT2D eigenvalue weighted by molar-refractivity contribution is 0.324. The summed E-state index contributed by atoms with van der Waals surface area (Å²) >= 11 is 0. The number of rotatable bonds is 9. The fourth-order valence-corrected chi connectivity index (χ4v) is 3.67. The first-order chi connectivity index (χ1) is 16.5. The number of terminal acetylenes is 1. The number of methoxy groups -OCH3 is 6. The first-order valence-electron chi connectivity index (χ1n) is 10.4. The van der Waals surface area contributed by atoms with Crippen LogP contribution in [0.2, 0.25) is 0 Å². The predicted molar refractivity (Wildman–Crippen MR) is 134 cm³/mol. The number of ether oxygens (including phenoxy) is 6. The molecule has 6 nitrogen and oxygen atoms in total. The maximum atomic E-state index is 5.58. The zero-order valence-electron chi connectivity index (χ0n) is 20.2. The summed E-state index contributed by atoms with van der Waals surface area (Å²) < 4.78 is 33.2. The molecule has 0 amide bonds. The van der Waals surface area contributed by atoms with Crippen molar-refractivity contribution in [3.63, 3.8) is 0 Å². The highest BCUT2D eigenvalue weighted by Gasteiger charge is 2.18. The summed E-state index contributed by atoms with van der Waals surface area (Å²) in [6, 6.07) is 15.3. The van der Waals surface area contributed by atoms with E-state index in [2.05, 4.69) is 5.92 Å². The zero-order chi connectivity index (χ0) is 24.7. The average Bonchev–Trinajstić information content (AvgIpc) is 2.90. The number of hydrogen-bond acceptors (Lipinski definition) is 6. The maximum Gasteiger partial charge on any atom is 0.203 e. The van der Waals surface area contributed by atoms with E-state index < -0.39 is 0 Å². The Hall–Kier alpha value is -4.24. The van der Waals surface area contributed by atoms with Crippen LogP contribution in [0, 0.1) is 12.3 Å². The minimum absolute atomic E-state index is 0.517. The molecule has 0 unspecified atom stereocenters. The van der Waals surface area contributed by atoms with E-state index in [0.29, 0.717) is 34.5 Å². The first kappa shape index (κ1) is 24.4. The van der Waals surface area contributed by atoms with Gasteiger partial charge in [0.15, 0.2) is 23.0 Å². The highest BCUT2D eigenvalue weighted by molar-refractivity contribution is 5.93. The molecule has 0 aromatic heterocycles. The minimum Gasteiger partial charge on any atom is -0.493 e. The summed E-state index contributed by atoms with van der Waals surface area (Å²) in [6.07, 6.45) is 7.58. The molecule has 176 valence electrons. The van der Waals surface area contributed by atoms with E-state index in [0.717, 1.165) is 27.8 Å². The van der Waals surface area contributed by atoms with Crippen LogP contribution in [0.1, 0.15) is 22.3 Å². The third kappa shape index (κ3) is 4.89. The lowest BCUT2D eigenvalue weighted by atomic mass is 9.94. The van der Waals surface area contributed by atoms with E-state index in [1.54, 1.807) is 42.7 Å². The molecule has 0 saturated carbocycles. The van der Waals surface area contributed by atoms with E-state index in [1.807, 2.05) is 54.6 Å². The van der Waals surface area contributed by atoms with Gasteiger partial charge in [-0.2, -0.15) is 0 Å². The molecule has 3 aromatic carbocycles. The Kier molecular flexibility index (Phi) is 7.94. The fraction of sp³-hybridized carbons (Fsp3) is 0.214. The van der Waals surface area contributed by atoms with Gasteiger partial charge in [-0.05, 0) is 64.7 Å². The summed E-state index contributed by atoms with van der Waals surface area (Å²) in [5, 5.41) is 0. The van der Waals surface area contributed by atoms with E-state index in [4.69, 9.17) is 34.8 Å². The second-order valence-corrected chi connectivity index (χ2v) is 7.15. The Balaban J connectivity index is 2.30. The molecule has 0 aliphatic carbocycles. The van der Waals surface area contributed by atoms with Gasteiger partial charge < -0.3 is 28.4 Å². The van der Waals surface area contributed by atoms with Crippen molar-refractivity contribution < 1.29 is 28.4 Å². The Morgan fingerprint density at radius 2 is 1.06 bits per heavy atom. The molecule has 0 N–H and O–H groups in total. The largest absolute Gasteiger partial charge is 0.493 e. The van der Waals surface area contributed by atoms with Gasteiger partial charge in [0.1, 0.15) is 0 Å². The van der Waals surface area contributed by atoms with Gasteiger partial charge in [-0.25, -0.2) is 0 Å². The number of hydrogen-bond donors (Lipinski definition) is 0. The molecule has 3 rings (SSSR count). The van der Waals surface area contributed by atoms with Crippen molar-refractivity contribution >= 4 is 11.6 Å². The molecule has 0 heterocycles. The van der Waals surface area contributed by atoms with Crippen molar-refractivity contribution in [1.29, 1.82) is 0 Å². The van der Waals surface area contributed by atoms with Crippen molar-refractivity contribution in [2.45, 2.75) is 0 Å². The van der Waals surface area contributed by atoms with Gasteiger partial charge in [-0.3, -0.25) is 0 Å². The molecule has 0 atom stereocenters. The van der Waals surface area contributed by atoms with Gasteiger partial charge in [0.25, 0.3) is 0 Å². The lowest BCUT2D eigenvalue weighted by Gasteiger charge is -2.17. The lowest BCUT2D eigenvalue weighted by Crippen LogP contribution is -1.98. The molecule has 3 aromatic rings. The molecule has 6 heteroatoms. The van der Waals surface area contributed by atoms with E-state index in [1.165, 1.54) is 0 Å². The van der Waals surface area contributed by atoms with Crippen molar-refractivity contribution in [2.75, 3.05) is 42.7 Å². The maximum absolute atomic E-state index is 5.58. The summed E-state index contributed by atoms with van der Waals surface area (Å²) in [4.78, 5) is 0. The smallest absolute Gasteiger partial charge is 0.203 e. The minimum atomic E-state index is 0.517. The molecule has 0 fully saturated rings. The zero-order valence-corrected chi connectivity index (χ0v) is 20.2. The van der Waals surface area contributed by atoms with Gasteiger partial charge in [-0.1, -0.05) is 18.1 Å². The number of benzene rings is 3. The van der Waals surface area contributed by atoms with Crippen LogP contribution in [-0.2, 0) is 0 Å². The van der Waals surface area contributed by atoms with Gasteiger partial charge in [-0.15, -0.1) is 6.42 Å². The monoisotopic (exact) mass is 460 g/mol. The van der Waals surface area contributed by atoms with Crippen LogP contribution in [0.4, 0.5) is 0 Å². The SMILES string of the molecule is C#Cc1ccc(/C(=C/c2cc(OC)c(OC)c(OC)c2)c2cc(OC)c(OC)c(OC)c2)cc1. The highest BCUT2D eigenvalue weighted by Crippen LogP contribution is 2.43. The summed E-state index contributed by atoms with van der Waals surface area (Å²) in [5.41, 5.74) is 4.34. The van der Waals surface area contributed by atoms with Crippen LogP contribution < -0.4 is 28.4 Å².